The number of hydrogen-bond donors (Lipinski definition) is 2. The molecular formula is C15H21N5. The second kappa shape index (κ2) is 6.84. The van der Waals surface area contributed by atoms with E-state index in [0.29, 0.717) is 5.95 Å². The van der Waals surface area contributed by atoms with E-state index in [9.17, 15) is 0 Å². The fourth-order valence-electron chi connectivity index (χ4n) is 1.96. The maximum Gasteiger partial charge on any atom is 0.249 e. The Kier molecular flexibility index (Phi) is 4.87. The first-order valence-corrected chi connectivity index (χ1v) is 6.97. The van der Waals surface area contributed by atoms with Crippen molar-refractivity contribution in [3.63, 3.8) is 0 Å². The second-order valence-corrected chi connectivity index (χ2v) is 4.84. The third kappa shape index (κ3) is 3.66. The van der Waals surface area contributed by atoms with Gasteiger partial charge >= 0.3 is 0 Å². The molecule has 0 atom stereocenters. The Morgan fingerprint density at radius 3 is 2.60 bits per heavy atom. The first kappa shape index (κ1) is 14.2. The van der Waals surface area contributed by atoms with E-state index in [0.717, 1.165) is 42.0 Å². The molecule has 0 bridgehead atoms. The molecule has 1 heterocycles. The van der Waals surface area contributed by atoms with Gasteiger partial charge < -0.3 is 10.6 Å². The molecule has 0 saturated carbocycles. The molecule has 0 spiro atoms. The topological polar surface area (TPSA) is 62.7 Å². The van der Waals surface area contributed by atoms with Crippen LogP contribution in [0.15, 0.2) is 24.4 Å². The zero-order chi connectivity index (χ0) is 14.4. The number of anilines is 3. The molecule has 2 N–H and O–H groups in total. The van der Waals surface area contributed by atoms with Gasteiger partial charge in [0.1, 0.15) is 0 Å². The van der Waals surface area contributed by atoms with Crippen molar-refractivity contribution >= 4 is 17.5 Å². The zero-order valence-electron chi connectivity index (χ0n) is 12.3. The van der Waals surface area contributed by atoms with Crippen LogP contribution in [0, 0.1) is 13.8 Å². The summed E-state index contributed by atoms with van der Waals surface area (Å²) in [6, 6.07) is 6.16. The molecule has 1 aromatic carbocycles. The lowest BCUT2D eigenvalue weighted by Gasteiger charge is -2.11. The van der Waals surface area contributed by atoms with Gasteiger partial charge in [-0.3, -0.25) is 0 Å². The molecule has 0 aliphatic rings. The molecule has 1 aromatic heterocycles. The number of aryl methyl sites for hydroxylation is 2. The highest BCUT2D eigenvalue weighted by Crippen LogP contribution is 2.22. The quantitative estimate of drug-likeness (QED) is 0.788. The minimum absolute atomic E-state index is 0.517. The summed E-state index contributed by atoms with van der Waals surface area (Å²) in [5.41, 5.74) is 3.37. The van der Waals surface area contributed by atoms with Gasteiger partial charge in [-0.15, -0.1) is 5.10 Å². The number of unbranched alkanes of at least 4 members (excludes halogenated alkanes) is 1. The van der Waals surface area contributed by atoms with Gasteiger partial charge in [-0.05, 0) is 31.4 Å². The van der Waals surface area contributed by atoms with E-state index in [-0.39, 0.29) is 0 Å². The van der Waals surface area contributed by atoms with Crippen LogP contribution in [0.4, 0.5) is 17.5 Å². The average molecular weight is 271 g/mol. The maximum atomic E-state index is 4.43. The third-order valence-electron chi connectivity index (χ3n) is 3.11. The van der Waals surface area contributed by atoms with Crippen LogP contribution in [0.5, 0.6) is 0 Å². The van der Waals surface area contributed by atoms with Crippen LogP contribution < -0.4 is 10.6 Å². The van der Waals surface area contributed by atoms with Crippen molar-refractivity contribution in [3.05, 3.63) is 35.5 Å². The molecular weight excluding hydrogens is 250 g/mol. The van der Waals surface area contributed by atoms with Crippen molar-refractivity contribution in [1.82, 2.24) is 15.2 Å². The van der Waals surface area contributed by atoms with Gasteiger partial charge in [0.15, 0.2) is 5.82 Å². The summed E-state index contributed by atoms with van der Waals surface area (Å²) < 4.78 is 0. The molecule has 0 aliphatic carbocycles. The van der Waals surface area contributed by atoms with Gasteiger partial charge in [-0.25, -0.2) is 0 Å². The first-order valence-electron chi connectivity index (χ1n) is 6.97. The number of nitrogens with one attached hydrogen (secondary N) is 2. The largest absolute Gasteiger partial charge is 0.369 e. The molecule has 2 aromatic rings. The zero-order valence-corrected chi connectivity index (χ0v) is 12.3. The lowest BCUT2D eigenvalue weighted by Crippen LogP contribution is -2.07. The summed E-state index contributed by atoms with van der Waals surface area (Å²) in [6.07, 6.45) is 3.91. The Balaban J connectivity index is 2.11. The lowest BCUT2D eigenvalue weighted by atomic mass is 10.1. The molecule has 0 unspecified atom stereocenters. The third-order valence-corrected chi connectivity index (χ3v) is 3.11. The Morgan fingerprint density at radius 1 is 1.15 bits per heavy atom. The van der Waals surface area contributed by atoms with Gasteiger partial charge in [0.05, 0.1) is 6.20 Å². The monoisotopic (exact) mass is 271 g/mol. The number of nitrogens with zero attached hydrogens (tertiary/aromatic N) is 3. The van der Waals surface area contributed by atoms with E-state index >= 15 is 0 Å². The summed E-state index contributed by atoms with van der Waals surface area (Å²) >= 11 is 0. The van der Waals surface area contributed by atoms with E-state index in [1.807, 2.05) is 6.07 Å². The Bertz CT molecular complexity index is 548. The van der Waals surface area contributed by atoms with E-state index in [1.165, 1.54) is 0 Å². The second-order valence-electron chi connectivity index (χ2n) is 4.84. The minimum Gasteiger partial charge on any atom is -0.369 e. The summed E-state index contributed by atoms with van der Waals surface area (Å²) in [5.74, 6) is 1.27. The molecule has 5 heteroatoms. The number of rotatable bonds is 6. The molecule has 0 fully saturated rings. The highest BCUT2D eigenvalue weighted by Gasteiger charge is 2.05. The number of hydrogen-bond acceptors (Lipinski definition) is 5. The molecule has 20 heavy (non-hydrogen) atoms. The normalized spacial score (nSPS) is 10.3. The van der Waals surface area contributed by atoms with Crippen LogP contribution in [0.3, 0.4) is 0 Å². The van der Waals surface area contributed by atoms with Crippen LogP contribution in [0.2, 0.25) is 0 Å². The van der Waals surface area contributed by atoms with Crippen molar-refractivity contribution in [1.29, 1.82) is 0 Å². The maximum absolute atomic E-state index is 4.43. The van der Waals surface area contributed by atoms with Crippen molar-refractivity contribution in [2.24, 2.45) is 0 Å². The van der Waals surface area contributed by atoms with Gasteiger partial charge in [-0.1, -0.05) is 31.5 Å². The fraction of sp³-hybridized carbons (Fsp3) is 0.400. The number of aromatic nitrogens is 3. The minimum atomic E-state index is 0.517. The molecule has 2 rings (SSSR count). The first-order chi connectivity index (χ1) is 9.70. The van der Waals surface area contributed by atoms with Crippen LogP contribution in [-0.4, -0.2) is 21.7 Å². The highest BCUT2D eigenvalue weighted by molar-refractivity contribution is 5.62. The van der Waals surface area contributed by atoms with Crippen molar-refractivity contribution in [2.45, 2.75) is 33.6 Å². The highest BCUT2D eigenvalue weighted by atomic mass is 15.3. The molecule has 0 aliphatic heterocycles. The lowest BCUT2D eigenvalue weighted by molar-refractivity contribution is 0.827. The van der Waals surface area contributed by atoms with Gasteiger partial charge in [0.25, 0.3) is 0 Å². The Labute approximate surface area is 119 Å². The van der Waals surface area contributed by atoms with Crippen LogP contribution in [-0.2, 0) is 0 Å². The summed E-state index contributed by atoms with van der Waals surface area (Å²) in [6.45, 7) is 7.18. The smallest absolute Gasteiger partial charge is 0.249 e. The van der Waals surface area contributed by atoms with Crippen molar-refractivity contribution in [3.8, 4) is 0 Å². The van der Waals surface area contributed by atoms with E-state index < -0.39 is 0 Å². The van der Waals surface area contributed by atoms with E-state index in [2.05, 4.69) is 58.7 Å². The molecule has 106 valence electrons. The van der Waals surface area contributed by atoms with Crippen LogP contribution in [0.1, 0.15) is 30.9 Å². The number of para-hydroxylation sites is 1. The van der Waals surface area contributed by atoms with Crippen molar-refractivity contribution < 1.29 is 0 Å². The predicted molar refractivity (Wildman–Crippen MR) is 82.4 cm³/mol. The van der Waals surface area contributed by atoms with Crippen LogP contribution >= 0.6 is 0 Å². The van der Waals surface area contributed by atoms with E-state index in [4.69, 9.17) is 0 Å². The average Bonchev–Trinajstić information content (AvgIpc) is 2.44. The van der Waals surface area contributed by atoms with Gasteiger partial charge in [0.2, 0.25) is 5.95 Å². The molecule has 0 amide bonds. The Morgan fingerprint density at radius 2 is 1.90 bits per heavy atom. The molecule has 0 radical (unpaired) electrons. The van der Waals surface area contributed by atoms with Crippen molar-refractivity contribution in [2.75, 3.05) is 17.2 Å². The molecule has 0 saturated heterocycles. The molecule has 5 nitrogen and oxygen atoms in total. The number of benzene rings is 1. The predicted octanol–water partition coefficient (Wildman–Crippen LogP) is 3.44. The van der Waals surface area contributed by atoms with Gasteiger partial charge in [0, 0.05) is 12.2 Å². The summed E-state index contributed by atoms with van der Waals surface area (Å²) in [5, 5.41) is 14.5. The van der Waals surface area contributed by atoms with Crippen LogP contribution in [0.25, 0.3) is 0 Å². The summed E-state index contributed by atoms with van der Waals surface area (Å²) in [7, 11) is 0. The Hall–Kier alpha value is -2.17. The SMILES string of the molecule is CCCCNc1cnnc(Nc2c(C)cccc2C)n1. The fourth-order valence-corrected chi connectivity index (χ4v) is 1.96. The van der Waals surface area contributed by atoms with E-state index in [1.54, 1.807) is 6.20 Å². The standard InChI is InChI=1S/C15H21N5/c1-4-5-9-16-13-10-17-20-15(18-13)19-14-11(2)7-6-8-12(14)3/h6-8,10H,4-5,9H2,1-3H3,(H2,16,18,19,20). The van der Waals surface area contributed by atoms with Gasteiger partial charge in [-0.2, -0.15) is 10.1 Å². The summed E-state index contributed by atoms with van der Waals surface area (Å²) in [4.78, 5) is 4.43.